The SMILES string of the molecule is Cc1ccc(S(=O)(=O)NC(Cc2ccccc2)C(=O)NCc2cccc(-c3ccc(C4OC(CSc5ncccn5)C(C)C(c5ccc(CO)cc5)O4)cc3)c2)cc1. The molecule has 10 nitrogen and oxygen atoms in total. The van der Waals surface area contributed by atoms with Gasteiger partial charge in [0.05, 0.1) is 23.7 Å². The first-order valence-electron chi connectivity index (χ1n) is 19.2. The second-order valence-corrected chi connectivity index (χ2v) is 17.1. The molecule has 12 heteroatoms. The van der Waals surface area contributed by atoms with Gasteiger partial charge < -0.3 is 19.9 Å². The molecular weight excluding hydrogens is 769 g/mol. The predicted molar refractivity (Wildman–Crippen MR) is 225 cm³/mol. The van der Waals surface area contributed by atoms with Gasteiger partial charge in [0, 0.05) is 36.2 Å². The number of aliphatic hydroxyl groups excluding tert-OH is 1. The van der Waals surface area contributed by atoms with Crippen molar-refractivity contribution in [2.24, 2.45) is 5.92 Å². The van der Waals surface area contributed by atoms with Crippen molar-refractivity contribution in [1.82, 2.24) is 20.0 Å². The van der Waals surface area contributed by atoms with E-state index in [1.807, 2.05) is 110 Å². The summed E-state index contributed by atoms with van der Waals surface area (Å²) in [5.74, 6) is 0.243. The van der Waals surface area contributed by atoms with E-state index in [0.717, 1.165) is 44.5 Å². The average molecular weight is 815 g/mol. The van der Waals surface area contributed by atoms with Gasteiger partial charge in [-0.2, -0.15) is 4.72 Å². The Labute approximate surface area is 344 Å². The first-order chi connectivity index (χ1) is 28.1. The molecule has 5 unspecified atom stereocenters. The van der Waals surface area contributed by atoms with Crippen LogP contribution in [0.25, 0.3) is 11.1 Å². The Morgan fingerprint density at radius 1 is 0.776 bits per heavy atom. The van der Waals surface area contributed by atoms with E-state index in [4.69, 9.17) is 9.47 Å². The molecule has 7 rings (SSSR count). The number of nitrogens with one attached hydrogen (secondary N) is 2. The number of aliphatic hydroxyl groups is 1. The first-order valence-corrected chi connectivity index (χ1v) is 21.6. The molecule has 58 heavy (non-hydrogen) atoms. The molecule has 0 bridgehead atoms. The molecule has 1 amide bonds. The van der Waals surface area contributed by atoms with E-state index in [0.29, 0.717) is 10.9 Å². The Morgan fingerprint density at radius 2 is 1.47 bits per heavy atom. The third-order valence-electron chi connectivity index (χ3n) is 10.2. The van der Waals surface area contributed by atoms with Gasteiger partial charge in [0.15, 0.2) is 11.4 Å². The summed E-state index contributed by atoms with van der Waals surface area (Å²) < 4.78 is 42.6. The molecule has 1 saturated heterocycles. The van der Waals surface area contributed by atoms with E-state index in [1.165, 1.54) is 12.1 Å². The van der Waals surface area contributed by atoms with E-state index in [1.54, 1.807) is 42.4 Å². The molecule has 5 aromatic carbocycles. The Morgan fingerprint density at radius 3 is 2.17 bits per heavy atom. The lowest BCUT2D eigenvalue weighted by atomic mass is 9.91. The molecule has 298 valence electrons. The molecule has 3 N–H and O–H groups in total. The molecule has 0 spiro atoms. The molecule has 5 atom stereocenters. The molecule has 1 fully saturated rings. The van der Waals surface area contributed by atoms with Crippen LogP contribution >= 0.6 is 11.8 Å². The number of amides is 1. The molecule has 1 aliphatic heterocycles. The third kappa shape index (κ3) is 10.4. The number of aryl methyl sites for hydroxylation is 1. The van der Waals surface area contributed by atoms with Crippen LogP contribution in [0, 0.1) is 12.8 Å². The number of hydrogen-bond acceptors (Lipinski definition) is 9. The van der Waals surface area contributed by atoms with E-state index in [2.05, 4.69) is 26.9 Å². The molecule has 2 heterocycles. The summed E-state index contributed by atoms with van der Waals surface area (Å²) in [5.41, 5.74) is 7.29. The quantitative estimate of drug-likeness (QED) is 0.0702. The summed E-state index contributed by atoms with van der Waals surface area (Å²) >= 11 is 1.55. The molecule has 1 aliphatic rings. The van der Waals surface area contributed by atoms with Crippen LogP contribution in [-0.2, 0) is 43.9 Å². The van der Waals surface area contributed by atoms with Crippen LogP contribution in [0.15, 0.2) is 156 Å². The van der Waals surface area contributed by atoms with E-state index >= 15 is 0 Å². The van der Waals surface area contributed by atoms with E-state index in [9.17, 15) is 18.3 Å². The number of nitrogens with zero attached hydrogens (tertiary/aromatic N) is 2. The Bertz CT molecular complexity index is 2370. The summed E-state index contributed by atoms with van der Waals surface area (Å²) in [6.07, 6.45) is 2.62. The average Bonchev–Trinajstić information content (AvgIpc) is 3.26. The van der Waals surface area contributed by atoms with E-state index < -0.39 is 28.3 Å². The molecule has 6 aromatic rings. The molecule has 0 radical (unpaired) electrons. The van der Waals surface area contributed by atoms with Gasteiger partial charge >= 0.3 is 0 Å². The smallest absolute Gasteiger partial charge is 0.241 e. The fourth-order valence-electron chi connectivity index (χ4n) is 6.84. The van der Waals surface area contributed by atoms with Gasteiger partial charge in [-0.05, 0) is 71.0 Å². The molecule has 0 saturated carbocycles. The Hall–Kier alpha value is -5.21. The number of thioether (sulfide) groups is 1. The zero-order chi connectivity index (χ0) is 40.5. The summed E-state index contributed by atoms with van der Waals surface area (Å²) in [6.45, 7) is 4.20. The molecule has 1 aromatic heterocycles. The zero-order valence-corrected chi connectivity index (χ0v) is 33.9. The molecule has 0 aliphatic carbocycles. The summed E-state index contributed by atoms with van der Waals surface area (Å²) in [6, 6.07) is 40.5. The number of aromatic nitrogens is 2. The standard InChI is InChI=1S/C46H46N4O6S2/c1-31-12-22-40(23-13-31)58(53,54)50-41(27-33-8-4-3-5-9-33)44(52)49-28-35-10-6-11-39(26-35)36-18-20-38(21-19-36)45-55-42(30-57-46-47-24-7-25-48-46)32(2)43(56-45)37-16-14-34(29-51)15-17-37/h3-26,32,41-43,45,50-51H,27-30H2,1-2H3,(H,49,52). The second-order valence-electron chi connectivity index (χ2n) is 14.4. The predicted octanol–water partition coefficient (Wildman–Crippen LogP) is 7.73. The maximum Gasteiger partial charge on any atom is 0.241 e. The largest absolute Gasteiger partial charge is 0.392 e. The van der Waals surface area contributed by atoms with E-state index in [-0.39, 0.29) is 42.6 Å². The Balaban J connectivity index is 1.04. The minimum absolute atomic E-state index is 0.0249. The van der Waals surface area contributed by atoms with Gasteiger partial charge in [0.1, 0.15) is 6.04 Å². The topological polar surface area (TPSA) is 140 Å². The van der Waals surface area contributed by atoms with Gasteiger partial charge in [-0.1, -0.05) is 133 Å². The number of sulfonamides is 1. The number of rotatable bonds is 15. The van der Waals surface area contributed by atoms with Crippen molar-refractivity contribution in [3.63, 3.8) is 0 Å². The minimum atomic E-state index is -3.96. The fourth-order valence-corrected chi connectivity index (χ4v) is 9.00. The second kappa shape index (κ2) is 19.0. The van der Waals surface area contributed by atoms with Crippen molar-refractivity contribution in [1.29, 1.82) is 0 Å². The highest BCUT2D eigenvalue weighted by molar-refractivity contribution is 7.99. The normalized spacial score (nSPS) is 18.7. The summed E-state index contributed by atoms with van der Waals surface area (Å²) in [7, 11) is -3.96. The van der Waals surface area contributed by atoms with Crippen LogP contribution in [0.1, 0.15) is 52.7 Å². The zero-order valence-electron chi connectivity index (χ0n) is 32.3. The summed E-state index contributed by atoms with van der Waals surface area (Å²) in [5, 5.41) is 13.3. The van der Waals surface area contributed by atoms with Crippen molar-refractivity contribution in [3.05, 3.63) is 179 Å². The van der Waals surface area contributed by atoms with Gasteiger partial charge in [0.2, 0.25) is 15.9 Å². The molecular formula is C46H46N4O6S2. The van der Waals surface area contributed by atoms with Crippen LogP contribution in [0.3, 0.4) is 0 Å². The highest BCUT2D eigenvalue weighted by atomic mass is 32.2. The summed E-state index contributed by atoms with van der Waals surface area (Å²) in [4.78, 5) is 22.5. The van der Waals surface area contributed by atoms with Crippen LogP contribution in [0.4, 0.5) is 0 Å². The van der Waals surface area contributed by atoms with Crippen LogP contribution in [-0.4, -0.2) is 47.3 Å². The van der Waals surface area contributed by atoms with Gasteiger partial charge in [-0.3, -0.25) is 4.79 Å². The number of hydrogen-bond donors (Lipinski definition) is 3. The van der Waals surface area contributed by atoms with Crippen molar-refractivity contribution < 1.29 is 27.8 Å². The number of ether oxygens (including phenoxy) is 2. The maximum atomic E-state index is 13.6. The number of benzene rings is 5. The van der Waals surface area contributed by atoms with Gasteiger partial charge in [-0.15, -0.1) is 0 Å². The lowest BCUT2D eigenvalue weighted by molar-refractivity contribution is -0.268. The van der Waals surface area contributed by atoms with Crippen molar-refractivity contribution in [2.75, 3.05) is 5.75 Å². The third-order valence-corrected chi connectivity index (χ3v) is 12.6. The van der Waals surface area contributed by atoms with Gasteiger partial charge in [0.25, 0.3) is 0 Å². The lowest BCUT2D eigenvalue weighted by Gasteiger charge is -2.41. The van der Waals surface area contributed by atoms with Crippen molar-refractivity contribution >= 4 is 27.7 Å². The highest BCUT2D eigenvalue weighted by Crippen LogP contribution is 2.43. The fraction of sp³-hybridized carbons (Fsp3) is 0.239. The number of carbonyl (C=O) groups is 1. The van der Waals surface area contributed by atoms with Crippen LogP contribution < -0.4 is 10.0 Å². The maximum absolute atomic E-state index is 13.6. The van der Waals surface area contributed by atoms with Crippen LogP contribution in [0.5, 0.6) is 0 Å². The van der Waals surface area contributed by atoms with Crippen molar-refractivity contribution in [3.8, 4) is 11.1 Å². The van der Waals surface area contributed by atoms with Crippen LogP contribution in [0.2, 0.25) is 0 Å². The minimum Gasteiger partial charge on any atom is -0.392 e. The van der Waals surface area contributed by atoms with Crippen molar-refractivity contribution in [2.45, 2.75) is 68.0 Å². The number of carbonyl (C=O) groups excluding carboxylic acids is 1. The van der Waals surface area contributed by atoms with Gasteiger partial charge in [-0.25, -0.2) is 18.4 Å². The first kappa shape index (κ1) is 41.0. The Kier molecular flexibility index (Phi) is 13.4. The monoisotopic (exact) mass is 814 g/mol. The lowest BCUT2D eigenvalue weighted by Crippen LogP contribution is -2.47. The highest BCUT2D eigenvalue weighted by Gasteiger charge is 2.38.